The highest BCUT2D eigenvalue weighted by molar-refractivity contribution is 5.91. The minimum Gasteiger partial charge on any atom is -0.447 e. The van der Waals surface area contributed by atoms with Crippen molar-refractivity contribution < 1.29 is 9.21 Å². The Balaban J connectivity index is 1.45. The van der Waals surface area contributed by atoms with Crippen molar-refractivity contribution in [2.45, 2.75) is 39.8 Å². The standard InChI is InChI=1S/C21H30N4O2/c1-3-4-8-24-9-11-25(12-10-24)15-20-23-19(16-27-20)21(26)22-14-18-7-5-6-17(2)13-18/h5-7,13,16H,3-4,8-12,14-15H2,1-2H3,(H,22,26). The summed E-state index contributed by atoms with van der Waals surface area (Å²) >= 11 is 0. The number of rotatable bonds is 8. The molecule has 0 radical (unpaired) electrons. The summed E-state index contributed by atoms with van der Waals surface area (Å²) < 4.78 is 5.52. The minimum atomic E-state index is -0.198. The molecule has 1 fully saturated rings. The highest BCUT2D eigenvalue weighted by Crippen LogP contribution is 2.10. The lowest BCUT2D eigenvalue weighted by atomic mass is 10.1. The average molecular weight is 370 g/mol. The van der Waals surface area contributed by atoms with Gasteiger partial charge >= 0.3 is 0 Å². The Morgan fingerprint density at radius 2 is 2.00 bits per heavy atom. The van der Waals surface area contributed by atoms with Crippen LogP contribution in [0.2, 0.25) is 0 Å². The fourth-order valence-electron chi connectivity index (χ4n) is 3.33. The number of oxazole rings is 1. The molecule has 6 heteroatoms. The quantitative estimate of drug-likeness (QED) is 0.774. The number of aryl methyl sites for hydroxylation is 1. The molecule has 0 unspecified atom stereocenters. The van der Waals surface area contributed by atoms with Crippen LogP contribution in [-0.4, -0.2) is 53.4 Å². The number of benzene rings is 1. The molecular formula is C21H30N4O2. The van der Waals surface area contributed by atoms with Crippen LogP contribution < -0.4 is 5.32 Å². The Kier molecular flexibility index (Phi) is 7.01. The third-order valence-corrected chi connectivity index (χ3v) is 4.97. The van der Waals surface area contributed by atoms with E-state index in [0.717, 1.165) is 31.7 Å². The molecule has 6 nitrogen and oxygen atoms in total. The molecule has 0 spiro atoms. The maximum absolute atomic E-state index is 12.3. The van der Waals surface area contributed by atoms with E-state index in [1.54, 1.807) is 0 Å². The normalized spacial score (nSPS) is 15.8. The summed E-state index contributed by atoms with van der Waals surface area (Å²) in [5.41, 5.74) is 2.60. The van der Waals surface area contributed by atoms with Crippen LogP contribution in [-0.2, 0) is 13.1 Å². The van der Waals surface area contributed by atoms with Crippen molar-refractivity contribution in [2.75, 3.05) is 32.7 Å². The molecule has 1 aliphatic heterocycles. The first-order valence-electron chi connectivity index (χ1n) is 9.87. The first-order chi connectivity index (χ1) is 13.1. The predicted octanol–water partition coefficient (Wildman–Crippen LogP) is 2.83. The van der Waals surface area contributed by atoms with E-state index in [9.17, 15) is 4.79 Å². The molecule has 146 valence electrons. The maximum Gasteiger partial charge on any atom is 0.273 e. The highest BCUT2D eigenvalue weighted by atomic mass is 16.3. The fraction of sp³-hybridized carbons (Fsp3) is 0.524. The molecule has 1 N–H and O–H groups in total. The van der Waals surface area contributed by atoms with Gasteiger partial charge in [-0.3, -0.25) is 9.69 Å². The number of carbonyl (C=O) groups is 1. The Hall–Kier alpha value is -2.18. The predicted molar refractivity (Wildman–Crippen MR) is 105 cm³/mol. The Morgan fingerprint density at radius 1 is 1.22 bits per heavy atom. The maximum atomic E-state index is 12.3. The molecule has 0 atom stereocenters. The first-order valence-corrected chi connectivity index (χ1v) is 9.87. The van der Waals surface area contributed by atoms with Gasteiger partial charge in [0.15, 0.2) is 5.69 Å². The molecule has 1 aliphatic rings. The summed E-state index contributed by atoms with van der Waals surface area (Å²) in [4.78, 5) is 21.5. The first kappa shape index (κ1) is 19.6. The van der Waals surface area contributed by atoms with Crippen LogP contribution in [0.4, 0.5) is 0 Å². The van der Waals surface area contributed by atoms with Gasteiger partial charge in [0.25, 0.3) is 5.91 Å². The number of nitrogens with one attached hydrogen (secondary N) is 1. The summed E-state index contributed by atoms with van der Waals surface area (Å²) in [7, 11) is 0. The van der Waals surface area contributed by atoms with Gasteiger partial charge < -0.3 is 14.6 Å². The number of hydrogen-bond donors (Lipinski definition) is 1. The molecule has 1 aromatic carbocycles. The average Bonchev–Trinajstić information content (AvgIpc) is 3.14. The Bertz CT molecular complexity index is 735. The summed E-state index contributed by atoms with van der Waals surface area (Å²) in [5.74, 6) is 0.411. The number of piperazine rings is 1. The second kappa shape index (κ2) is 9.67. The molecule has 2 aromatic rings. The number of aromatic nitrogens is 1. The summed E-state index contributed by atoms with van der Waals surface area (Å²) in [6.07, 6.45) is 3.96. The van der Waals surface area contributed by atoms with Gasteiger partial charge in [-0.1, -0.05) is 43.2 Å². The molecule has 0 aliphatic carbocycles. The fourth-order valence-corrected chi connectivity index (χ4v) is 3.33. The third-order valence-electron chi connectivity index (χ3n) is 4.97. The Labute approximate surface area is 161 Å². The third kappa shape index (κ3) is 5.91. The molecule has 1 aromatic heterocycles. The zero-order valence-electron chi connectivity index (χ0n) is 16.4. The summed E-state index contributed by atoms with van der Waals surface area (Å²) in [5, 5.41) is 2.90. The van der Waals surface area contributed by atoms with E-state index in [1.807, 2.05) is 25.1 Å². The van der Waals surface area contributed by atoms with Gasteiger partial charge in [-0.15, -0.1) is 0 Å². The van der Waals surface area contributed by atoms with Crippen molar-refractivity contribution in [3.8, 4) is 0 Å². The van der Waals surface area contributed by atoms with Gasteiger partial charge in [-0.05, 0) is 25.5 Å². The van der Waals surface area contributed by atoms with Crippen LogP contribution >= 0.6 is 0 Å². The second-order valence-electron chi connectivity index (χ2n) is 7.27. The van der Waals surface area contributed by atoms with Crippen LogP contribution in [0, 0.1) is 6.92 Å². The van der Waals surface area contributed by atoms with Crippen LogP contribution in [0.15, 0.2) is 34.9 Å². The number of carbonyl (C=O) groups excluding carboxylic acids is 1. The molecule has 0 saturated carbocycles. The van der Waals surface area contributed by atoms with E-state index in [4.69, 9.17) is 4.42 Å². The van der Waals surface area contributed by atoms with Crippen molar-refractivity contribution in [3.05, 3.63) is 53.2 Å². The number of nitrogens with zero attached hydrogens (tertiary/aromatic N) is 3. The zero-order valence-corrected chi connectivity index (χ0v) is 16.4. The van der Waals surface area contributed by atoms with Crippen LogP contribution in [0.3, 0.4) is 0 Å². The van der Waals surface area contributed by atoms with Gasteiger partial charge in [0.05, 0.1) is 6.54 Å². The lowest BCUT2D eigenvalue weighted by Gasteiger charge is -2.33. The Morgan fingerprint density at radius 3 is 2.74 bits per heavy atom. The highest BCUT2D eigenvalue weighted by Gasteiger charge is 2.19. The van der Waals surface area contributed by atoms with E-state index in [1.165, 1.54) is 31.2 Å². The van der Waals surface area contributed by atoms with Crippen molar-refractivity contribution in [1.82, 2.24) is 20.1 Å². The van der Waals surface area contributed by atoms with E-state index >= 15 is 0 Å². The largest absolute Gasteiger partial charge is 0.447 e. The van der Waals surface area contributed by atoms with Crippen LogP contribution in [0.1, 0.15) is 47.3 Å². The minimum absolute atomic E-state index is 0.198. The van der Waals surface area contributed by atoms with Gasteiger partial charge in [0, 0.05) is 32.7 Å². The number of amides is 1. The molecule has 3 rings (SSSR count). The van der Waals surface area contributed by atoms with Crippen LogP contribution in [0.5, 0.6) is 0 Å². The second-order valence-corrected chi connectivity index (χ2v) is 7.27. The van der Waals surface area contributed by atoms with Crippen LogP contribution in [0.25, 0.3) is 0 Å². The monoisotopic (exact) mass is 370 g/mol. The van der Waals surface area contributed by atoms with Crippen molar-refractivity contribution in [1.29, 1.82) is 0 Å². The van der Waals surface area contributed by atoms with Gasteiger partial charge in [0.1, 0.15) is 6.26 Å². The number of unbranched alkanes of at least 4 members (excludes halogenated alkanes) is 1. The topological polar surface area (TPSA) is 61.6 Å². The number of hydrogen-bond acceptors (Lipinski definition) is 5. The van der Waals surface area contributed by atoms with Crippen molar-refractivity contribution >= 4 is 5.91 Å². The molecule has 0 bridgehead atoms. The molecule has 27 heavy (non-hydrogen) atoms. The zero-order chi connectivity index (χ0) is 19.1. The van der Waals surface area contributed by atoms with E-state index in [-0.39, 0.29) is 5.91 Å². The van der Waals surface area contributed by atoms with Crippen molar-refractivity contribution in [3.63, 3.8) is 0 Å². The van der Waals surface area contributed by atoms with Crippen molar-refractivity contribution in [2.24, 2.45) is 0 Å². The molecule has 2 heterocycles. The molecule has 1 saturated heterocycles. The van der Waals surface area contributed by atoms with Gasteiger partial charge in [0.2, 0.25) is 5.89 Å². The van der Waals surface area contributed by atoms with E-state index in [0.29, 0.717) is 24.7 Å². The smallest absolute Gasteiger partial charge is 0.273 e. The lowest BCUT2D eigenvalue weighted by Crippen LogP contribution is -2.46. The lowest BCUT2D eigenvalue weighted by molar-refractivity contribution is 0.0945. The molecular weight excluding hydrogens is 340 g/mol. The SMILES string of the molecule is CCCCN1CCN(Cc2nc(C(=O)NCc3cccc(C)c3)co2)CC1. The summed E-state index contributed by atoms with van der Waals surface area (Å²) in [6, 6.07) is 8.10. The summed E-state index contributed by atoms with van der Waals surface area (Å²) in [6.45, 7) is 10.8. The van der Waals surface area contributed by atoms with Gasteiger partial charge in [-0.25, -0.2) is 4.98 Å². The van der Waals surface area contributed by atoms with E-state index < -0.39 is 0 Å². The molecule has 1 amide bonds. The van der Waals surface area contributed by atoms with E-state index in [2.05, 4.69) is 33.1 Å². The van der Waals surface area contributed by atoms with Gasteiger partial charge in [-0.2, -0.15) is 0 Å².